The van der Waals surface area contributed by atoms with Crippen molar-refractivity contribution in [3.63, 3.8) is 0 Å². The number of amides is 1. The first-order valence-electron chi connectivity index (χ1n) is 5.81. The summed E-state index contributed by atoms with van der Waals surface area (Å²) in [6.45, 7) is 2.07. The lowest BCUT2D eigenvalue weighted by Crippen LogP contribution is -2.34. The highest BCUT2D eigenvalue weighted by Gasteiger charge is 2.15. The Morgan fingerprint density at radius 3 is 2.56 bits per heavy atom. The Morgan fingerprint density at radius 2 is 2.00 bits per heavy atom. The summed E-state index contributed by atoms with van der Waals surface area (Å²) < 4.78 is 1.60. The first kappa shape index (κ1) is 11.0. The van der Waals surface area contributed by atoms with Crippen LogP contribution >= 0.6 is 0 Å². The molecule has 0 atom stereocenters. The molecule has 1 amide bonds. The third-order valence-electron chi connectivity index (χ3n) is 2.91. The van der Waals surface area contributed by atoms with E-state index in [1.165, 1.54) is 12.8 Å². The van der Waals surface area contributed by atoms with Crippen LogP contribution in [-0.2, 0) is 11.3 Å². The predicted octanol–water partition coefficient (Wildman–Crippen LogP) is 0.868. The highest BCUT2D eigenvalue weighted by Crippen LogP contribution is 2.10. The van der Waals surface area contributed by atoms with Gasteiger partial charge in [0.2, 0.25) is 5.91 Å². The van der Waals surface area contributed by atoms with E-state index in [-0.39, 0.29) is 5.91 Å². The third kappa shape index (κ3) is 2.74. The molecule has 2 heterocycles. The highest BCUT2D eigenvalue weighted by atomic mass is 16.2. The number of aromatic nitrogens is 2. The number of rotatable bonds is 2. The molecule has 0 aromatic carbocycles. The van der Waals surface area contributed by atoms with Gasteiger partial charge in [-0.25, -0.2) is 0 Å². The number of carbonyl (C=O) groups excluding carboxylic acids is 1. The van der Waals surface area contributed by atoms with Crippen LogP contribution in [-0.4, -0.2) is 33.7 Å². The second-order valence-corrected chi connectivity index (χ2v) is 4.27. The molecule has 0 bridgehead atoms. The van der Waals surface area contributed by atoms with Crippen molar-refractivity contribution in [1.82, 2.24) is 14.7 Å². The number of nitrogens with two attached hydrogens (primary N) is 1. The van der Waals surface area contributed by atoms with Crippen LogP contribution in [0.4, 0.5) is 5.69 Å². The maximum atomic E-state index is 12.0. The number of carbonyl (C=O) groups is 1. The Balaban J connectivity index is 1.91. The number of hydrogen-bond donors (Lipinski definition) is 1. The normalized spacial score (nSPS) is 17.1. The van der Waals surface area contributed by atoms with Crippen molar-refractivity contribution in [1.29, 1.82) is 0 Å². The zero-order valence-electron chi connectivity index (χ0n) is 9.43. The molecule has 2 rings (SSSR count). The van der Waals surface area contributed by atoms with Gasteiger partial charge in [-0.05, 0) is 12.8 Å². The lowest BCUT2D eigenvalue weighted by Gasteiger charge is -2.20. The molecular weight excluding hydrogens is 204 g/mol. The molecule has 1 saturated heterocycles. The van der Waals surface area contributed by atoms with Crippen molar-refractivity contribution in [2.24, 2.45) is 0 Å². The molecule has 16 heavy (non-hydrogen) atoms. The van der Waals surface area contributed by atoms with Crippen LogP contribution in [0.1, 0.15) is 25.7 Å². The summed E-state index contributed by atoms with van der Waals surface area (Å²) in [5, 5.41) is 4.02. The minimum absolute atomic E-state index is 0.144. The molecule has 2 N–H and O–H groups in total. The SMILES string of the molecule is Nc1cnn(CC(=O)N2CCCCCC2)c1. The number of anilines is 1. The predicted molar refractivity (Wildman–Crippen MR) is 61.7 cm³/mol. The minimum Gasteiger partial charge on any atom is -0.396 e. The fraction of sp³-hybridized carbons (Fsp3) is 0.636. The van der Waals surface area contributed by atoms with Gasteiger partial charge in [0.25, 0.3) is 0 Å². The van der Waals surface area contributed by atoms with E-state index >= 15 is 0 Å². The van der Waals surface area contributed by atoms with Gasteiger partial charge in [-0.2, -0.15) is 5.10 Å². The van der Waals surface area contributed by atoms with E-state index in [0.29, 0.717) is 12.2 Å². The smallest absolute Gasteiger partial charge is 0.244 e. The van der Waals surface area contributed by atoms with Gasteiger partial charge in [-0.1, -0.05) is 12.8 Å². The van der Waals surface area contributed by atoms with E-state index in [0.717, 1.165) is 25.9 Å². The number of nitrogen functional groups attached to an aromatic ring is 1. The first-order valence-corrected chi connectivity index (χ1v) is 5.81. The average molecular weight is 222 g/mol. The standard InChI is InChI=1S/C11H18N4O/c12-10-7-13-15(8-10)9-11(16)14-5-3-1-2-4-6-14/h7-8H,1-6,9,12H2. The van der Waals surface area contributed by atoms with Gasteiger partial charge in [0.05, 0.1) is 11.9 Å². The number of nitrogens with zero attached hydrogens (tertiary/aromatic N) is 3. The van der Waals surface area contributed by atoms with Crippen molar-refractivity contribution < 1.29 is 4.79 Å². The van der Waals surface area contributed by atoms with E-state index in [1.807, 2.05) is 4.90 Å². The first-order chi connectivity index (χ1) is 7.75. The lowest BCUT2D eigenvalue weighted by atomic mass is 10.2. The summed E-state index contributed by atoms with van der Waals surface area (Å²) in [6.07, 6.45) is 7.96. The average Bonchev–Trinajstić information content (AvgIpc) is 2.56. The molecule has 0 unspecified atom stereocenters. The van der Waals surface area contributed by atoms with Crippen LogP contribution in [0.15, 0.2) is 12.4 Å². The Kier molecular flexibility index (Phi) is 3.44. The molecule has 1 fully saturated rings. The number of likely N-dealkylation sites (tertiary alicyclic amines) is 1. The molecular formula is C11H18N4O. The number of hydrogen-bond acceptors (Lipinski definition) is 3. The van der Waals surface area contributed by atoms with Gasteiger partial charge in [0.15, 0.2) is 0 Å². The maximum Gasteiger partial charge on any atom is 0.244 e. The molecule has 5 nitrogen and oxygen atoms in total. The van der Waals surface area contributed by atoms with Crippen LogP contribution in [0.25, 0.3) is 0 Å². The van der Waals surface area contributed by atoms with E-state index < -0.39 is 0 Å². The zero-order chi connectivity index (χ0) is 11.4. The van der Waals surface area contributed by atoms with Crippen molar-refractivity contribution in [2.45, 2.75) is 32.2 Å². The largest absolute Gasteiger partial charge is 0.396 e. The van der Waals surface area contributed by atoms with Crippen LogP contribution in [0.2, 0.25) is 0 Å². The molecule has 0 saturated carbocycles. The van der Waals surface area contributed by atoms with Gasteiger partial charge >= 0.3 is 0 Å². The van der Waals surface area contributed by atoms with Crippen molar-refractivity contribution in [3.05, 3.63) is 12.4 Å². The molecule has 0 radical (unpaired) electrons. The molecule has 88 valence electrons. The molecule has 0 spiro atoms. The van der Waals surface area contributed by atoms with Crippen LogP contribution < -0.4 is 5.73 Å². The zero-order valence-corrected chi connectivity index (χ0v) is 9.43. The van der Waals surface area contributed by atoms with Crippen LogP contribution in [0.5, 0.6) is 0 Å². The molecule has 1 aliphatic heterocycles. The monoisotopic (exact) mass is 222 g/mol. The molecule has 0 aliphatic carbocycles. The Hall–Kier alpha value is -1.52. The highest BCUT2D eigenvalue weighted by molar-refractivity contribution is 5.76. The van der Waals surface area contributed by atoms with E-state index in [4.69, 9.17) is 5.73 Å². The molecule has 1 aliphatic rings. The van der Waals surface area contributed by atoms with Gasteiger partial charge in [-0.15, -0.1) is 0 Å². The minimum atomic E-state index is 0.144. The van der Waals surface area contributed by atoms with Gasteiger partial charge < -0.3 is 10.6 Å². The summed E-state index contributed by atoms with van der Waals surface area (Å²) >= 11 is 0. The van der Waals surface area contributed by atoms with Crippen molar-refractivity contribution >= 4 is 11.6 Å². The van der Waals surface area contributed by atoms with Crippen LogP contribution in [0, 0.1) is 0 Å². The second kappa shape index (κ2) is 5.01. The summed E-state index contributed by atoms with van der Waals surface area (Å²) in [7, 11) is 0. The van der Waals surface area contributed by atoms with E-state index in [9.17, 15) is 4.79 Å². The molecule has 5 heteroatoms. The van der Waals surface area contributed by atoms with Crippen LogP contribution in [0.3, 0.4) is 0 Å². The topological polar surface area (TPSA) is 64.1 Å². The summed E-state index contributed by atoms with van der Waals surface area (Å²) in [6, 6.07) is 0. The summed E-state index contributed by atoms with van der Waals surface area (Å²) in [4.78, 5) is 13.9. The van der Waals surface area contributed by atoms with Gasteiger partial charge in [0, 0.05) is 19.3 Å². The lowest BCUT2D eigenvalue weighted by molar-refractivity contribution is -0.132. The Labute approximate surface area is 95.2 Å². The Bertz CT molecular complexity index is 353. The van der Waals surface area contributed by atoms with Crippen molar-refractivity contribution in [3.8, 4) is 0 Å². The summed E-state index contributed by atoms with van der Waals surface area (Å²) in [5.41, 5.74) is 6.15. The molecule has 1 aromatic heterocycles. The fourth-order valence-electron chi connectivity index (χ4n) is 2.02. The summed E-state index contributed by atoms with van der Waals surface area (Å²) in [5.74, 6) is 0.144. The maximum absolute atomic E-state index is 12.0. The van der Waals surface area contributed by atoms with E-state index in [1.54, 1.807) is 17.1 Å². The fourth-order valence-corrected chi connectivity index (χ4v) is 2.02. The molecule has 1 aromatic rings. The second-order valence-electron chi connectivity index (χ2n) is 4.27. The van der Waals surface area contributed by atoms with Gasteiger partial charge in [-0.3, -0.25) is 9.48 Å². The van der Waals surface area contributed by atoms with Crippen molar-refractivity contribution in [2.75, 3.05) is 18.8 Å². The van der Waals surface area contributed by atoms with Gasteiger partial charge in [0.1, 0.15) is 6.54 Å². The van der Waals surface area contributed by atoms with E-state index in [2.05, 4.69) is 5.10 Å². The quantitative estimate of drug-likeness (QED) is 0.807. The Morgan fingerprint density at radius 1 is 1.31 bits per heavy atom. The third-order valence-corrected chi connectivity index (χ3v) is 2.91.